The fourth-order valence-electron chi connectivity index (χ4n) is 1.91. The van der Waals surface area contributed by atoms with Crippen LogP contribution in [-0.2, 0) is 0 Å². The molecule has 66 valence electrons. The van der Waals surface area contributed by atoms with Crippen LogP contribution in [-0.4, -0.2) is 9.97 Å². The molecule has 1 fully saturated rings. The molecular formula is C11H12N2. The second-order valence-electron chi connectivity index (χ2n) is 3.91. The van der Waals surface area contributed by atoms with E-state index in [4.69, 9.17) is 0 Å². The smallest absolute Gasteiger partial charge is 0.0931 e. The molecule has 3 rings (SSSR count). The highest BCUT2D eigenvalue weighted by atomic mass is 14.9. The van der Waals surface area contributed by atoms with Crippen molar-refractivity contribution in [3.05, 3.63) is 29.6 Å². The Labute approximate surface area is 77.0 Å². The maximum atomic E-state index is 4.28. The molecule has 0 radical (unpaired) electrons. The van der Waals surface area contributed by atoms with Crippen LogP contribution >= 0.6 is 0 Å². The maximum Gasteiger partial charge on any atom is 0.0931 e. The Morgan fingerprint density at radius 2 is 2.23 bits per heavy atom. The molecule has 0 aliphatic heterocycles. The molecule has 0 spiro atoms. The van der Waals surface area contributed by atoms with Crippen molar-refractivity contribution in [1.82, 2.24) is 9.97 Å². The maximum absolute atomic E-state index is 4.28. The molecule has 0 saturated heterocycles. The highest BCUT2D eigenvalue weighted by Crippen LogP contribution is 2.41. The van der Waals surface area contributed by atoms with Gasteiger partial charge in [-0.1, -0.05) is 6.07 Å². The summed E-state index contributed by atoms with van der Waals surface area (Å²) in [6, 6.07) is 4.52. The van der Waals surface area contributed by atoms with Gasteiger partial charge in [0.05, 0.1) is 17.4 Å². The third-order valence-corrected chi connectivity index (χ3v) is 2.79. The van der Waals surface area contributed by atoms with Gasteiger partial charge in [-0.15, -0.1) is 0 Å². The Bertz CT molecular complexity index is 452. The van der Waals surface area contributed by atoms with E-state index in [9.17, 15) is 0 Å². The molecule has 1 aromatic carbocycles. The molecule has 0 bridgehead atoms. The van der Waals surface area contributed by atoms with E-state index in [1.54, 1.807) is 6.33 Å². The first kappa shape index (κ1) is 7.13. The Hall–Kier alpha value is -1.31. The minimum atomic E-state index is 0.825. The van der Waals surface area contributed by atoms with Crippen molar-refractivity contribution < 1.29 is 0 Å². The first-order chi connectivity index (χ1) is 6.34. The Morgan fingerprint density at radius 3 is 3.00 bits per heavy atom. The zero-order chi connectivity index (χ0) is 8.84. The summed E-state index contributed by atoms with van der Waals surface area (Å²) >= 11 is 0. The summed E-state index contributed by atoms with van der Waals surface area (Å²) in [5.74, 6) is 0.825. The van der Waals surface area contributed by atoms with Crippen LogP contribution in [0.25, 0.3) is 11.0 Å². The van der Waals surface area contributed by atoms with Crippen molar-refractivity contribution in [1.29, 1.82) is 0 Å². The molecular weight excluding hydrogens is 160 g/mol. The van der Waals surface area contributed by atoms with Gasteiger partial charge < -0.3 is 4.98 Å². The quantitative estimate of drug-likeness (QED) is 0.704. The van der Waals surface area contributed by atoms with Crippen molar-refractivity contribution in [3.8, 4) is 0 Å². The molecule has 13 heavy (non-hydrogen) atoms. The third kappa shape index (κ3) is 1.05. The van der Waals surface area contributed by atoms with Gasteiger partial charge in [0.25, 0.3) is 0 Å². The minimum Gasteiger partial charge on any atom is -0.345 e. The lowest BCUT2D eigenvalue weighted by molar-refractivity contribution is 1.13. The molecule has 1 aromatic heterocycles. The molecule has 0 amide bonds. The van der Waals surface area contributed by atoms with E-state index in [0.717, 1.165) is 11.4 Å². The summed E-state index contributed by atoms with van der Waals surface area (Å²) in [5, 5.41) is 0. The van der Waals surface area contributed by atoms with Gasteiger partial charge in [0, 0.05) is 0 Å². The number of hydrogen-bond donors (Lipinski definition) is 1. The van der Waals surface area contributed by atoms with Crippen molar-refractivity contribution in [3.63, 3.8) is 0 Å². The summed E-state index contributed by atoms with van der Waals surface area (Å²) in [4.78, 5) is 7.46. The number of imidazole rings is 1. The lowest BCUT2D eigenvalue weighted by Crippen LogP contribution is -1.83. The number of aromatic nitrogens is 2. The first-order valence-electron chi connectivity index (χ1n) is 4.78. The van der Waals surface area contributed by atoms with Gasteiger partial charge in [0.1, 0.15) is 0 Å². The lowest BCUT2D eigenvalue weighted by atomic mass is 10.1. The molecule has 2 nitrogen and oxygen atoms in total. The SMILES string of the molecule is Cc1cc(C2CC2)cc2[nH]cnc12. The van der Waals surface area contributed by atoms with Gasteiger partial charge in [-0.2, -0.15) is 0 Å². The highest BCUT2D eigenvalue weighted by molar-refractivity contribution is 5.79. The zero-order valence-corrected chi connectivity index (χ0v) is 7.67. The fraction of sp³-hybridized carbons (Fsp3) is 0.364. The van der Waals surface area contributed by atoms with Crippen LogP contribution in [0.1, 0.15) is 29.9 Å². The molecule has 0 atom stereocenters. The van der Waals surface area contributed by atoms with E-state index in [0.29, 0.717) is 0 Å². The number of rotatable bonds is 1. The van der Waals surface area contributed by atoms with Crippen LogP contribution in [0.4, 0.5) is 0 Å². The normalized spacial score (nSPS) is 16.7. The number of nitrogens with one attached hydrogen (secondary N) is 1. The standard InChI is InChI=1S/C11H12N2/c1-7-4-9(8-2-3-8)5-10-11(7)13-6-12-10/h4-6,8H,2-3H2,1H3,(H,12,13). The van der Waals surface area contributed by atoms with E-state index in [2.05, 4.69) is 29.0 Å². The summed E-state index contributed by atoms with van der Waals surface area (Å²) < 4.78 is 0. The van der Waals surface area contributed by atoms with Gasteiger partial charge >= 0.3 is 0 Å². The summed E-state index contributed by atoms with van der Waals surface area (Å²) in [6.45, 7) is 2.13. The number of hydrogen-bond acceptors (Lipinski definition) is 1. The molecule has 2 heteroatoms. The monoisotopic (exact) mass is 172 g/mol. The van der Waals surface area contributed by atoms with Crippen molar-refractivity contribution in [2.24, 2.45) is 0 Å². The largest absolute Gasteiger partial charge is 0.345 e. The molecule has 1 aliphatic carbocycles. The van der Waals surface area contributed by atoms with Gasteiger partial charge in [-0.05, 0) is 42.9 Å². The van der Waals surface area contributed by atoms with Gasteiger partial charge in [0.15, 0.2) is 0 Å². The number of fused-ring (bicyclic) bond motifs is 1. The Morgan fingerprint density at radius 1 is 1.38 bits per heavy atom. The van der Waals surface area contributed by atoms with Crippen LogP contribution in [0, 0.1) is 6.92 Å². The third-order valence-electron chi connectivity index (χ3n) is 2.79. The van der Waals surface area contributed by atoms with Gasteiger partial charge in [-0.3, -0.25) is 0 Å². The lowest BCUT2D eigenvalue weighted by Gasteiger charge is -2.00. The molecule has 0 unspecified atom stereocenters. The van der Waals surface area contributed by atoms with E-state index in [1.807, 2.05) is 0 Å². The van der Waals surface area contributed by atoms with Crippen LogP contribution in [0.5, 0.6) is 0 Å². The molecule has 1 aliphatic rings. The highest BCUT2D eigenvalue weighted by Gasteiger charge is 2.24. The van der Waals surface area contributed by atoms with Gasteiger partial charge in [0.2, 0.25) is 0 Å². The zero-order valence-electron chi connectivity index (χ0n) is 7.67. The first-order valence-corrected chi connectivity index (χ1v) is 4.78. The number of aryl methyl sites for hydroxylation is 1. The molecule has 2 aromatic rings. The van der Waals surface area contributed by atoms with Crippen LogP contribution in [0.2, 0.25) is 0 Å². The summed E-state index contributed by atoms with van der Waals surface area (Å²) in [5.41, 5.74) is 5.07. The number of benzene rings is 1. The van der Waals surface area contributed by atoms with Crippen LogP contribution < -0.4 is 0 Å². The second-order valence-corrected chi connectivity index (χ2v) is 3.91. The molecule has 1 N–H and O–H groups in total. The van der Waals surface area contributed by atoms with Crippen molar-refractivity contribution in [2.45, 2.75) is 25.7 Å². The summed E-state index contributed by atoms with van der Waals surface area (Å²) in [6.07, 6.45) is 4.49. The molecule has 1 saturated carbocycles. The Balaban J connectivity index is 2.27. The topological polar surface area (TPSA) is 28.7 Å². The Kier molecular flexibility index (Phi) is 1.29. The second kappa shape index (κ2) is 2.34. The molecule has 1 heterocycles. The minimum absolute atomic E-state index is 0.825. The van der Waals surface area contributed by atoms with Crippen LogP contribution in [0.3, 0.4) is 0 Å². The van der Waals surface area contributed by atoms with Crippen LogP contribution in [0.15, 0.2) is 18.5 Å². The number of nitrogens with zero attached hydrogens (tertiary/aromatic N) is 1. The fourth-order valence-corrected chi connectivity index (χ4v) is 1.91. The van der Waals surface area contributed by atoms with Crippen molar-refractivity contribution >= 4 is 11.0 Å². The van der Waals surface area contributed by atoms with E-state index in [1.165, 1.54) is 29.5 Å². The van der Waals surface area contributed by atoms with E-state index in [-0.39, 0.29) is 0 Å². The number of aromatic amines is 1. The average Bonchev–Trinajstić information content (AvgIpc) is 2.85. The predicted molar refractivity (Wildman–Crippen MR) is 52.8 cm³/mol. The number of H-pyrrole nitrogens is 1. The summed E-state index contributed by atoms with van der Waals surface area (Å²) in [7, 11) is 0. The van der Waals surface area contributed by atoms with Crippen molar-refractivity contribution in [2.75, 3.05) is 0 Å². The van der Waals surface area contributed by atoms with E-state index >= 15 is 0 Å². The van der Waals surface area contributed by atoms with Gasteiger partial charge in [-0.25, -0.2) is 4.98 Å². The average molecular weight is 172 g/mol. The predicted octanol–water partition coefficient (Wildman–Crippen LogP) is 2.75. The van der Waals surface area contributed by atoms with E-state index < -0.39 is 0 Å².